The Bertz CT molecular complexity index is 527. The van der Waals surface area contributed by atoms with Crippen molar-refractivity contribution in [2.75, 3.05) is 5.32 Å². The van der Waals surface area contributed by atoms with E-state index in [1.807, 2.05) is 6.92 Å². The van der Waals surface area contributed by atoms with E-state index in [-0.39, 0.29) is 17.7 Å². The van der Waals surface area contributed by atoms with Crippen molar-refractivity contribution >= 4 is 29.0 Å². The summed E-state index contributed by atoms with van der Waals surface area (Å²) in [5, 5.41) is 15.0. The number of nitrogens with zero attached hydrogens (tertiary/aromatic N) is 1. The molecule has 0 aromatic heterocycles. The number of anilines is 1. The summed E-state index contributed by atoms with van der Waals surface area (Å²) >= 11 is 5.91. The van der Waals surface area contributed by atoms with Gasteiger partial charge in [0.25, 0.3) is 0 Å². The van der Waals surface area contributed by atoms with Gasteiger partial charge in [0.15, 0.2) is 5.84 Å². The van der Waals surface area contributed by atoms with Gasteiger partial charge in [-0.05, 0) is 37.0 Å². The van der Waals surface area contributed by atoms with Crippen LogP contribution in [0.4, 0.5) is 5.69 Å². The van der Waals surface area contributed by atoms with Crippen molar-refractivity contribution in [1.29, 1.82) is 0 Å². The lowest BCUT2D eigenvalue weighted by Crippen LogP contribution is -2.24. The zero-order chi connectivity index (χ0) is 14.0. The highest BCUT2D eigenvalue weighted by Gasteiger charge is 2.32. The molecule has 0 heterocycles. The van der Waals surface area contributed by atoms with E-state index in [4.69, 9.17) is 22.5 Å². The van der Waals surface area contributed by atoms with Crippen LogP contribution in [0.25, 0.3) is 0 Å². The number of carbonyl (C=O) groups excluding carboxylic acids is 1. The fraction of sp³-hybridized carbons (Fsp3) is 0.385. The third-order valence-corrected chi connectivity index (χ3v) is 3.60. The van der Waals surface area contributed by atoms with Gasteiger partial charge in [-0.3, -0.25) is 4.79 Å². The van der Waals surface area contributed by atoms with Gasteiger partial charge in [-0.25, -0.2) is 0 Å². The highest BCUT2D eigenvalue weighted by Crippen LogP contribution is 2.37. The zero-order valence-corrected chi connectivity index (χ0v) is 11.3. The molecule has 0 saturated heterocycles. The first kappa shape index (κ1) is 13.7. The molecule has 1 unspecified atom stereocenters. The topological polar surface area (TPSA) is 87.7 Å². The number of nitrogens with one attached hydrogen (secondary N) is 1. The molecular formula is C13H16ClN3O2. The standard InChI is InChI=1S/C13H16ClN3O2/c1-7(8-2-3-8)13(18)16-11-6-9(14)4-5-10(11)12(15)17-19/h4-8,19H,2-3H2,1H3,(H2,15,17)(H,16,18). The summed E-state index contributed by atoms with van der Waals surface area (Å²) in [4.78, 5) is 12.1. The average molecular weight is 282 g/mol. The molecule has 1 saturated carbocycles. The van der Waals surface area contributed by atoms with Crippen LogP contribution in [0.2, 0.25) is 5.02 Å². The molecule has 6 heteroatoms. The molecule has 0 spiro atoms. The quantitative estimate of drug-likeness (QED) is 0.343. The molecule has 1 atom stereocenters. The number of amidine groups is 1. The summed E-state index contributed by atoms with van der Waals surface area (Å²) in [5.74, 6) is 0.286. The second-order valence-corrected chi connectivity index (χ2v) is 5.23. The number of oxime groups is 1. The van der Waals surface area contributed by atoms with Crippen molar-refractivity contribution in [3.8, 4) is 0 Å². The van der Waals surface area contributed by atoms with Gasteiger partial charge in [0.05, 0.1) is 5.69 Å². The van der Waals surface area contributed by atoms with Gasteiger partial charge in [0.1, 0.15) is 0 Å². The van der Waals surface area contributed by atoms with Gasteiger partial charge in [0.2, 0.25) is 5.91 Å². The van der Waals surface area contributed by atoms with Crippen LogP contribution in [0, 0.1) is 11.8 Å². The molecule has 0 aliphatic heterocycles. The highest BCUT2D eigenvalue weighted by molar-refractivity contribution is 6.31. The van der Waals surface area contributed by atoms with Crippen molar-refractivity contribution in [2.24, 2.45) is 22.7 Å². The molecule has 19 heavy (non-hydrogen) atoms. The number of carbonyl (C=O) groups is 1. The number of hydrogen-bond donors (Lipinski definition) is 3. The van der Waals surface area contributed by atoms with Crippen LogP contribution in [0.3, 0.4) is 0 Å². The molecule has 5 nitrogen and oxygen atoms in total. The monoisotopic (exact) mass is 281 g/mol. The van der Waals surface area contributed by atoms with Crippen LogP contribution in [-0.4, -0.2) is 17.0 Å². The van der Waals surface area contributed by atoms with Gasteiger partial charge in [0, 0.05) is 16.5 Å². The Morgan fingerprint density at radius 2 is 2.26 bits per heavy atom. The molecule has 1 aromatic rings. The molecule has 2 rings (SSSR count). The maximum atomic E-state index is 12.1. The number of nitrogens with two attached hydrogens (primary N) is 1. The van der Waals surface area contributed by atoms with E-state index >= 15 is 0 Å². The van der Waals surface area contributed by atoms with Crippen molar-refractivity contribution in [3.63, 3.8) is 0 Å². The lowest BCUT2D eigenvalue weighted by molar-refractivity contribution is -0.119. The van der Waals surface area contributed by atoms with Gasteiger partial charge < -0.3 is 16.3 Å². The Labute approximate surface area is 116 Å². The molecular weight excluding hydrogens is 266 g/mol. The molecule has 102 valence electrons. The van der Waals surface area contributed by atoms with E-state index in [0.29, 0.717) is 22.2 Å². The summed E-state index contributed by atoms with van der Waals surface area (Å²) in [6.07, 6.45) is 2.19. The second-order valence-electron chi connectivity index (χ2n) is 4.79. The summed E-state index contributed by atoms with van der Waals surface area (Å²) in [5.41, 5.74) is 6.48. The van der Waals surface area contributed by atoms with Crippen molar-refractivity contribution in [3.05, 3.63) is 28.8 Å². The Morgan fingerprint density at radius 1 is 1.58 bits per heavy atom. The maximum Gasteiger partial charge on any atom is 0.227 e. The summed E-state index contributed by atoms with van der Waals surface area (Å²) < 4.78 is 0. The minimum Gasteiger partial charge on any atom is -0.409 e. The molecule has 1 aliphatic carbocycles. The Hall–Kier alpha value is -1.75. The van der Waals surface area contributed by atoms with E-state index in [2.05, 4.69) is 10.5 Å². The van der Waals surface area contributed by atoms with Crippen LogP contribution < -0.4 is 11.1 Å². The number of halogens is 1. The lowest BCUT2D eigenvalue weighted by atomic mass is 10.0. The van der Waals surface area contributed by atoms with Gasteiger partial charge >= 0.3 is 0 Å². The molecule has 1 aromatic carbocycles. The maximum absolute atomic E-state index is 12.1. The molecule has 1 aliphatic rings. The largest absolute Gasteiger partial charge is 0.409 e. The normalized spacial score (nSPS) is 17.1. The van der Waals surface area contributed by atoms with E-state index in [1.54, 1.807) is 18.2 Å². The van der Waals surface area contributed by atoms with Crippen LogP contribution in [0.15, 0.2) is 23.4 Å². The van der Waals surface area contributed by atoms with E-state index < -0.39 is 0 Å². The van der Waals surface area contributed by atoms with Crippen LogP contribution in [0.1, 0.15) is 25.3 Å². The predicted octanol–water partition coefficient (Wildman–Crippen LogP) is 2.42. The van der Waals surface area contributed by atoms with E-state index in [0.717, 1.165) is 12.8 Å². The summed E-state index contributed by atoms with van der Waals surface area (Å²) in [6, 6.07) is 4.82. The van der Waals surface area contributed by atoms with Crippen molar-refractivity contribution in [1.82, 2.24) is 0 Å². The van der Waals surface area contributed by atoms with Crippen molar-refractivity contribution in [2.45, 2.75) is 19.8 Å². The Morgan fingerprint density at radius 3 is 2.84 bits per heavy atom. The van der Waals surface area contributed by atoms with Crippen LogP contribution >= 0.6 is 11.6 Å². The van der Waals surface area contributed by atoms with Crippen LogP contribution in [0.5, 0.6) is 0 Å². The van der Waals surface area contributed by atoms with Gasteiger partial charge in [-0.2, -0.15) is 0 Å². The fourth-order valence-electron chi connectivity index (χ4n) is 1.95. The Kier molecular flexibility index (Phi) is 3.95. The summed E-state index contributed by atoms with van der Waals surface area (Å²) in [6.45, 7) is 1.90. The molecule has 0 bridgehead atoms. The fourth-order valence-corrected chi connectivity index (χ4v) is 2.13. The van der Waals surface area contributed by atoms with E-state index in [1.165, 1.54) is 0 Å². The smallest absolute Gasteiger partial charge is 0.227 e. The minimum atomic E-state index is -0.0724. The summed E-state index contributed by atoms with van der Waals surface area (Å²) in [7, 11) is 0. The van der Waals surface area contributed by atoms with Crippen LogP contribution in [-0.2, 0) is 4.79 Å². The number of benzene rings is 1. The minimum absolute atomic E-state index is 0.0425. The third kappa shape index (κ3) is 3.17. The van der Waals surface area contributed by atoms with Gasteiger partial charge in [-0.15, -0.1) is 0 Å². The number of hydrogen-bond acceptors (Lipinski definition) is 3. The highest BCUT2D eigenvalue weighted by atomic mass is 35.5. The molecule has 1 amide bonds. The first-order valence-corrected chi connectivity index (χ1v) is 6.49. The van der Waals surface area contributed by atoms with E-state index in [9.17, 15) is 4.79 Å². The number of rotatable bonds is 4. The van der Waals surface area contributed by atoms with Crippen molar-refractivity contribution < 1.29 is 10.0 Å². The molecule has 1 fully saturated rings. The predicted molar refractivity (Wildman–Crippen MR) is 74.5 cm³/mol. The second kappa shape index (κ2) is 5.48. The first-order chi connectivity index (χ1) is 9.02. The third-order valence-electron chi connectivity index (χ3n) is 3.37. The van der Waals surface area contributed by atoms with Gasteiger partial charge in [-0.1, -0.05) is 23.7 Å². The zero-order valence-electron chi connectivity index (χ0n) is 10.6. The molecule has 4 N–H and O–H groups in total. The number of amides is 1. The average Bonchev–Trinajstić information content (AvgIpc) is 3.21. The first-order valence-electron chi connectivity index (χ1n) is 6.11. The SMILES string of the molecule is CC(C(=O)Nc1cc(Cl)ccc1/C(N)=N/O)C1CC1. The Balaban J connectivity index is 2.22. The molecule has 0 radical (unpaired) electrons. The lowest BCUT2D eigenvalue weighted by Gasteiger charge is -2.14.